The van der Waals surface area contributed by atoms with E-state index >= 15 is 0 Å². The summed E-state index contributed by atoms with van der Waals surface area (Å²) in [7, 11) is 0. The summed E-state index contributed by atoms with van der Waals surface area (Å²) in [5.74, 6) is 0.737. The summed E-state index contributed by atoms with van der Waals surface area (Å²) in [6.07, 6.45) is 5.46. The largest absolute Gasteiger partial charge is 0.353 e. The lowest BCUT2D eigenvalue weighted by atomic mass is 10.3. The third-order valence-corrected chi connectivity index (χ3v) is 1.79. The number of H-pyrrole nitrogens is 1. The number of rotatable bonds is 2. The molecule has 0 bridgehead atoms. The van der Waals surface area contributed by atoms with Gasteiger partial charge in [-0.15, -0.1) is 0 Å². The van der Waals surface area contributed by atoms with Gasteiger partial charge in [-0.1, -0.05) is 0 Å². The van der Waals surface area contributed by atoms with Crippen molar-refractivity contribution < 1.29 is 4.98 Å². The van der Waals surface area contributed by atoms with E-state index in [-0.39, 0.29) is 0 Å². The second-order valence-corrected chi connectivity index (χ2v) is 2.86. The highest BCUT2D eigenvalue weighted by Gasteiger charge is 2.01. The van der Waals surface area contributed by atoms with Crippen LogP contribution in [0.25, 0.3) is 0 Å². The Morgan fingerprint density at radius 1 is 1.64 bits per heavy atom. The number of nitrogens with one attached hydrogen (secondary N) is 3. The van der Waals surface area contributed by atoms with Gasteiger partial charge in [0.15, 0.2) is 12.4 Å². The summed E-state index contributed by atoms with van der Waals surface area (Å²) < 4.78 is 0. The molecule has 0 spiro atoms. The number of hydrazone groups is 1. The summed E-state index contributed by atoms with van der Waals surface area (Å²) in [4.78, 5) is 7.11. The molecule has 1 aromatic rings. The molecule has 0 saturated carbocycles. The standard InChI is InChI=1S/C9H11N5/c1-2-8(6-10-3-1)7-13-14-9-11-4-5-12-9/h1-3,6-7H,4-5H2,(H2,11,12,14)/p+1/b13-7+. The highest BCUT2D eigenvalue weighted by molar-refractivity contribution is 5.84. The Morgan fingerprint density at radius 3 is 3.36 bits per heavy atom. The van der Waals surface area contributed by atoms with E-state index < -0.39 is 0 Å². The monoisotopic (exact) mass is 190 g/mol. The van der Waals surface area contributed by atoms with Crippen molar-refractivity contribution in [1.29, 1.82) is 0 Å². The molecule has 0 unspecified atom stereocenters. The molecular weight excluding hydrogens is 178 g/mol. The molecule has 0 aromatic carbocycles. The maximum Gasteiger partial charge on any atom is 0.212 e. The smallest absolute Gasteiger partial charge is 0.212 e. The zero-order valence-corrected chi connectivity index (χ0v) is 7.70. The average Bonchev–Trinajstić information content (AvgIpc) is 2.72. The first-order valence-corrected chi connectivity index (χ1v) is 4.49. The molecule has 0 saturated heterocycles. The molecular formula is C9H12N5+. The minimum Gasteiger partial charge on any atom is -0.353 e. The van der Waals surface area contributed by atoms with Gasteiger partial charge in [0.25, 0.3) is 0 Å². The molecule has 0 amide bonds. The van der Waals surface area contributed by atoms with E-state index in [1.807, 2.05) is 24.5 Å². The van der Waals surface area contributed by atoms with Gasteiger partial charge in [-0.2, -0.15) is 5.10 Å². The quantitative estimate of drug-likeness (QED) is 0.482. The molecule has 14 heavy (non-hydrogen) atoms. The maximum atomic E-state index is 4.14. The van der Waals surface area contributed by atoms with Crippen molar-refractivity contribution in [1.82, 2.24) is 10.7 Å². The first-order chi connectivity index (χ1) is 6.95. The van der Waals surface area contributed by atoms with Crippen LogP contribution in [0.4, 0.5) is 0 Å². The lowest BCUT2D eigenvalue weighted by Crippen LogP contribution is -2.30. The topological polar surface area (TPSA) is 62.9 Å². The average molecular weight is 190 g/mol. The van der Waals surface area contributed by atoms with Crippen molar-refractivity contribution >= 4 is 12.2 Å². The van der Waals surface area contributed by atoms with Gasteiger partial charge in [0.2, 0.25) is 5.96 Å². The first kappa shape index (κ1) is 8.68. The van der Waals surface area contributed by atoms with Crippen molar-refractivity contribution in [2.75, 3.05) is 13.1 Å². The Morgan fingerprint density at radius 2 is 2.64 bits per heavy atom. The Bertz CT molecular complexity index is 343. The highest BCUT2D eigenvalue weighted by Crippen LogP contribution is 1.87. The molecule has 2 heterocycles. The number of hydrogen-bond acceptors (Lipinski definition) is 4. The molecule has 1 aromatic heterocycles. The molecule has 2 rings (SSSR count). The molecule has 5 nitrogen and oxygen atoms in total. The number of aliphatic imine (C=N–C) groups is 1. The van der Waals surface area contributed by atoms with Gasteiger partial charge in [-0.25, -0.2) is 15.4 Å². The van der Waals surface area contributed by atoms with E-state index in [9.17, 15) is 0 Å². The summed E-state index contributed by atoms with van der Waals surface area (Å²) in [6.45, 7) is 1.70. The minimum absolute atomic E-state index is 0.737. The SMILES string of the molecule is C(=N\NC1=NCCN1)/c1ccc[nH+]c1. The second kappa shape index (κ2) is 4.36. The maximum absolute atomic E-state index is 4.14. The van der Waals surface area contributed by atoms with Crippen molar-refractivity contribution in [3.05, 3.63) is 30.1 Å². The van der Waals surface area contributed by atoms with E-state index in [1.165, 1.54) is 0 Å². The van der Waals surface area contributed by atoms with Crippen molar-refractivity contribution in [3.8, 4) is 0 Å². The molecule has 0 atom stereocenters. The van der Waals surface area contributed by atoms with Crippen LogP contribution in [0.5, 0.6) is 0 Å². The third-order valence-electron chi connectivity index (χ3n) is 1.79. The van der Waals surface area contributed by atoms with Gasteiger partial charge in [-0.05, 0) is 6.07 Å². The Balaban J connectivity index is 1.88. The molecule has 1 aliphatic rings. The van der Waals surface area contributed by atoms with Crippen LogP contribution in [0, 0.1) is 0 Å². The number of guanidine groups is 1. The zero-order valence-electron chi connectivity index (χ0n) is 7.70. The Kier molecular flexibility index (Phi) is 2.70. The van der Waals surface area contributed by atoms with Crippen molar-refractivity contribution in [3.63, 3.8) is 0 Å². The molecule has 5 heteroatoms. The van der Waals surface area contributed by atoms with Gasteiger partial charge < -0.3 is 5.32 Å². The number of hydrogen-bond donors (Lipinski definition) is 2. The van der Waals surface area contributed by atoms with Gasteiger partial charge >= 0.3 is 0 Å². The fourth-order valence-electron chi connectivity index (χ4n) is 1.13. The predicted molar refractivity (Wildman–Crippen MR) is 54.0 cm³/mol. The van der Waals surface area contributed by atoms with Crippen LogP contribution in [-0.4, -0.2) is 25.3 Å². The summed E-state index contributed by atoms with van der Waals surface area (Å²) >= 11 is 0. The van der Waals surface area contributed by atoms with Crippen LogP contribution in [-0.2, 0) is 0 Å². The summed E-state index contributed by atoms with van der Waals surface area (Å²) in [5.41, 5.74) is 3.84. The van der Waals surface area contributed by atoms with Crippen LogP contribution in [0.15, 0.2) is 34.6 Å². The van der Waals surface area contributed by atoms with E-state index in [1.54, 1.807) is 6.21 Å². The molecule has 0 radical (unpaired) electrons. The molecule has 0 aliphatic carbocycles. The lowest BCUT2D eigenvalue weighted by molar-refractivity contribution is -0.378. The number of nitrogens with zero attached hydrogens (tertiary/aromatic N) is 2. The highest BCUT2D eigenvalue weighted by atomic mass is 15.4. The van der Waals surface area contributed by atoms with Crippen LogP contribution < -0.4 is 15.7 Å². The normalized spacial score (nSPS) is 15.3. The van der Waals surface area contributed by atoms with Crippen LogP contribution in [0.2, 0.25) is 0 Å². The van der Waals surface area contributed by atoms with Gasteiger partial charge in [0, 0.05) is 12.6 Å². The second-order valence-electron chi connectivity index (χ2n) is 2.86. The number of aromatic nitrogens is 1. The predicted octanol–water partition coefficient (Wildman–Crippen LogP) is -0.617. The Labute approximate surface area is 82.0 Å². The fourth-order valence-corrected chi connectivity index (χ4v) is 1.13. The number of pyridine rings is 1. The van der Waals surface area contributed by atoms with Crippen LogP contribution in [0.1, 0.15) is 5.56 Å². The summed E-state index contributed by atoms with van der Waals surface area (Å²) in [5, 5.41) is 7.10. The lowest BCUT2D eigenvalue weighted by Gasteiger charge is -1.97. The van der Waals surface area contributed by atoms with Crippen LogP contribution >= 0.6 is 0 Å². The molecule has 72 valence electrons. The van der Waals surface area contributed by atoms with Gasteiger partial charge in [0.1, 0.15) is 0 Å². The summed E-state index contributed by atoms with van der Waals surface area (Å²) in [6, 6.07) is 3.89. The molecule has 3 N–H and O–H groups in total. The van der Waals surface area contributed by atoms with Crippen LogP contribution in [0.3, 0.4) is 0 Å². The van der Waals surface area contributed by atoms with Gasteiger partial charge in [-0.3, -0.25) is 0 Å². The van der Waals surface area contributed by atoms with E-state index in [2.05, 4.69) is 25.8 Å². The van der Waals surface area contributed by atoms with Crippen molar-refractivity contribution in [2.24, 2.45) is 10.1 Å². The third kappa shape index (κ3) is 2.29. The van der Waals surface area contributed by atoms with Crippen molar-refractivity contribution in [2.45, 2.75) is 0 Å². The van der Waals surface area contributed by atoms with E-state index in [4.69, 9.17) is 0 Å². The van der Waals surface area contributed by atoms with E-state index in [0.717, 1.165) is 24.6 Å². The first-order valence-electron chi connectivity index (χ1n) is 4.49. The van der Waals surface area contributed by atoms with Gasteiger partial charge in [0.05, 0.1) is 18.3 Å². The Hall–Kier alpha value is -1.91. The molecule has 0 fully saturated rings. The molecule has 1 aliphatic heterocycles. The zero-order chi connectivity index (χ0) is 9.64. The minimum atomic E-state index is 0.737. The fraction of sp³-hybridized carbons (Fsp3) is 0.222. The number of aromatic amines is 1. The van der Waals surface area contributed by atoms with E-state index in [0.29, 0.717) is 0 Å².